The Morgan fingerprint density at radius 2 is 1.74 bits per heavy atom. The van der Waals surface area contributed by atoms with E-state index in [1.165, 1.54) is 23.5 Å². The van der Waals surface area contributed by atoms with E-state index >= 15 is 0 Å². The van der Waals surface area contributed by atoms with Crippen molar-refractivity contribution in [3.8, 4) is 0 Å². The third kappa shape index (κ3) is 11.4. The van der Waals surface area contributed by atoms with Crippen LogP contribution < -0.4 is 11.1 Å². The van der Waals surface area contributed by atoms with Gasteiger partial charge < -0.3 is 20.5 Å². The Kier molecular flexibility index (Phi) is 13.3. The summed E-state index contributed by atoms with van der Waals surface area (Å²) < 4.78 is 37.7. The lowest BCUT2D eigenvalue weighted by atomic mass is 10.1. The number of nitro benzene ring substituents is 1. The highest BCUT2D eigenvalue weighted by atomic mass is 32.2. The quantitative estimate of drug-likeness (QED) is 0.126. The first-order valence-corrected chi connectivity index (χ1v) is 14.1. The van der Waals surface area contributed by atoms with Gasteiger partial charge in [-0.15, -0.1) is 0 Å². The van der Waals surface area contributed by atoms with Gasteiger partial charge in [0.2, 0.25) is 10.0 Å². The number of methoxy groups -OCH3 is 1. The highest BCUT2D eigenvalue weighted by Gasteiger charge is 2.26. The van der Waals surface area contributed by atoms with Crippen LogP contribution in [-0.2, 0) is 30.9 Å². The summed E-state index contributed by atoms with van der Waals surface area (Å²) in [7, 11) is -2.66. The lowest BCUT2D eigenvalue weighted by Gasteiger charge is -2.25. The molecule has 0 aliphatic carbocycles. The molecule has 13 heteroatoms. The first-order valence-electron chi connectivity index (χ1n) is 12.6. The van der Waals surface area contributed by atoms with Gasteiger partial charge in [-0.25, -0.2) is 13.2 Å². The summed E-state index contributed by atoms with van der Waals surface area (Å²) in [5.41, 5.74) is 6.91. The molecule has 0 radical (unpaired) electrons. The number of amides is 1. The molecule has 0 aliphatic heterocycles. The number of carbonyl (C=O) groups excluding carboxylic acids is 2. The van der Waals surface area contributed by atoms with Crippen LogP contribution in [0.25, 0.3) is 0 Å². The molecule has 39 heavy (non-hydrogen) atoms. The summed E-state index contributed by atoms with van der Waals surface area (Å²) in [5.74, 6) is -0.329. The van der Waals surface area contributed by atoms with Crippen LogP contribution >= 0.6 is 0 Å². The lowest BCUT2D eigenvalue weighted by molar-refractivity contribution is -0.384. The van der Waals surface area contributed by atoms with Crippen LogP contribution in [0, 0.1) is 10.1 Å². The number of esters is 1. The van der Waals surface area contributed by atoms with Gasteiger partial charge in [-0.05, 0) is 43.4 Å². The van der Waals surface area contributed by atoms with Crippen molar-refractivity contribution >= 4 is 27.8 Å². The minimum Gasteiger partial charge on any atom is -0.469 e. The topological polar surface area (TPSA) is 171 Å². The molecule has 214 valence electrons. The first-order chi connectivity index (χ1) is 18.6. The maximum absolute atomic E-state index is 13.3. The van der Waals surface area contributed by atoms with Crippen molar-refractivity contribution in [2.45, 2.75) is 56.1 Å². The van der Waals surface area contributed by atoms with E-state index in [-0.39, 0.29) is 42.7 Å². The third-order valence-corrected chi connectivity index (χ3v) is 7.75. The number of rotatable bonds is 17. The van der Waals surface area contributed by atoms with E-state index in [0.29, 0.717) is 38.6 Å². The smallest absolute Gasteiger partial charge is 0.407 e. The number of sulfonamides is 1. The number of carbonyl (C=O) groups is 2. The second kappa shape index (κ2) is 16.4. The Morgan fingerprint density at radius 3 is 2.38 bits per heavy atom. The van der Waals surface area contributed by atoms with E-state index in [2.05, 4.69) is 10.1 Å². The standard InChI is InChI=1S/C26H36N4O8S/c1-37-25(31)12-6-3-7-18-29(39(35,36)24-15-13-23(14-16-24)30(33)34)19-22(27)11-8-17-28-26(32)38-20-21-9-4-2-5-10-21/h2,4-5,9-10,13-16,22H,3,6-8,11-12,17-20,27H2,1H3,(H,28,32)/t22-/m0/s1. The number of unbranched alkanes of at least 4 members (excludes halogenated alkanes) is 2. The molecule has 0 aromatic heterocycles. The fourth-order valence-corrected chi connectivity index (χ4v) is 5.25. The number of nitrogens with one attached hydrogen (secondary N) is 1. The number of nitrogens with two attached hydrogens (primary N) is 1. The van der Waals surface area contributed by atoms with Gasteiger partial charge in [0.05, 0.1) is 16.9 Å². The summed E-state index contributed by atoms with van der Waals surface area (Å²) in [6.07, 6.45) is 2.28. The van der Waals surface area contributed by atoms with Crippen LogP contribution in [0.5, 0.6) is 0 Å². The highest BCUT2D eigenvalue weighted by Crippen LogP contribution is 2.21. The second-order valence-corrected chi connectivity index (χ2v) is 10.8. The van der Waals surface area contributed by atoms with E-state index in [0.717, 1.165) is 17.7 Å². The molecule has 0 aliphatic rings. The van der Waals surface area contributed by atoms with Gasteiger partial charge in [-0.3, -0.25) is 14.9 Å². The molecule has 0 saturated heterocycles. The average molecular weight is 565 g/mol. The Labute approximate surface area is 228 Å². The molecule has 2 aromatic carbocycles. The van der Waals surface area contributed by atoms with Crippen LogP contribution in [0.1, 0.15) is 44.1 Å². The maximum Gasteiger partial charge on any atom is 0.407 e. The second-order valence-electron chi connectivity index (χ2n) is 8.89. The number of non-ortho nitro benzene ring substituents is 1. The van der Waals surface area contributed by atoms with E-state index < -0.39 is 27.1 Å². The van der Waals surface area contributed by atoms with Crippen LogP contribution in [0.2, 0.25) is 0 Å². The molecule has 3 N–H and O–H groups in total. The molecular formula is C26H36N4O8S. The zero-order chi connectivity index (χ0) is 28.7. The molecule has 0 spiro atoms. The van der Waals surface area contributed by atoms with Gasteiger partial charge in [-0.2, -0.15) is 4.31 Å². The zero-order valence-corrected chi connectivity index (χ0v) is 22.8. The SMILES string of the molecule is COC(=O)CCCCCN(C[C@@H](N)CCCNC(=O)OCc1ccccc1)S(=O)(=O)c1ccc([N+](=O)[O-])cc1. The number of hydrogen-bond acceptors (Lipinski definition) is 9. The van der Waals surface area contributed by atoms with Gasteiger partial charge in [0.15, 0.2) is 0 Å². The van der Waals surface area contributed by atoms with Crippen LogP contribution in [0.15, 0.2) is 59.5 Å². The van der Waals surface area contributed by atoms with Crippen LogP contribution in [0.3, 0.4) is 0 Å². The van der Waals surface area contributed by atoms with E-state index in [9.17, 15) is 28.1 Å². The van der Waals surface area contributed by atoms with Crippen molar-refractivity contribution < 1.29 is 32.4 Å². The van der Waals surface area contributed by atoms with Gasteiger partial charge >= 0.3 is 12.1 Å². The molecule has 0 fully saturated rings. The predicted octanol–water partition coefficient (Wildman–Crippen LogP) is 3.35. The molecule has 2 rings (SSSR count). The Hall–Kier alpha value is -3.55. The molecule has 12 nitrogen and oxygen atoms in total. The van der Waals surface area contributed by atoms with Gasteiger partial charge in [0, 0.05) is 44.2 Å². The maximum atomic E-state index is 13.3. The van der Waals surface area contributed by atoms with Gasteiger partial charge in [-0.1, -0.05) is 36.8 Å². The summed E-state index contributed by atoms with van der Waals surface area (Å²) >= 11 is 0. The van der Waals surface area contributed by atoms with Crippen LogP contribution in [-0.4, -0.2) is 62.5 Å². The van der Waals surface area contributed by atoms with Crippen molar-refractivity contribution in [3.63, 3.8) is 0 Å². The number of benzene rings is 2. The Morgan fingerprint density at radius 1 is 1.05 bits per heavy atom. The molecule has 0 unspecified atom stereocenters. The molecule has 0 saturated carbocycles. The van der Waals surface area contributed by atoms with E-state index in [1.54, 1.807) is 0 Å². The fraction of sp³-hybridized carbons (Fsp3) is 0.462. The molecule has 0 bridgehead atoms. The van der Waals surface area contributed by atoms with Gasteiger partial charge in [0.1, 0.15) is 6.61 Å². The number of nitro groups is 1. The molecule has 0 heterocycles. The average Bonchev–Trinajstić information content (AvgIpc) is 2.93. The number of alkyl carbamates (subject to hydrolysis) is 1. The van der Waals surface area contributed by atoms with Crippen molar-refractivity contribution in [3.05, 3.63) is 70.3 Å². The van der Waals surface area contributed by atoms with Crippen LogP contribution in [0.4, 0.5) is 10.5 Å². The minimum absolute atomic E-state index is 0.0226. The zero-order valence-electron chi connectivity index (χ0n) is 22.0. The fourth-order valence-electron chi connectivity index (χ4n) is 3.72. The molecule has 2 aromatic rings. The first kappa shape index (κ1) is 31.7. The number of ether oxygens (including phenoxy) is 2. The Bertz CT molecular complexity index is 1160. The summed E-state index contributed by atoms with van der Waals surface area (Å²) in [4.78, 5) is 33.5. The monoisotopic (exact) mass is 564 g/mol. The number of nitrogens with zero attached hydrogens (tertiary/aromatic N) is 2. The largest absolute Gasteiger partial charge is 0.469 e. The predicted molar refractivity (Wildman–Crippen MR) is 144 cm³/mol. The van der Waals surface area contributed by atoms with Crippen molar-refractivity contribution in [2.24, 2.45) is 5.73 Å². The molecule has 1 atom stereocenters. The normalized spacial score (nSPS) is 12.1. The Balaban J connectivity index is 1.89. The van der Waals surface area contributed by atoms with Crippen molar-refractivity contribution in [1.82, 2.24) is 9.62 Å². The van der Waals surface area contributed by atoms with Crippen molar-refractivity contribution in [1.29, 1.82) is 0 Å². The summed E-state index contributed by atoms with van der Waals surface area (Å²) in [6.45, 7) is 0.651. The van der Waals surface area contributed by atoms with E-state index in [1.807, 2.05) is 30.3 Å². The number of hydrogen-bond donors (Lipinski definition) is 2. The van der Waals surface area contributed by atoms with E-state index in [4.69, 9.17) is 10.5 Å². The third-order valence-electron chi connectivity index (χ3n) is 5.87. The summed E-state index contributed by atoms with van der Waals surface area (Å²) in [5, 5.41) is 13.6. The summed E-state index contributed by atoms with van der Waals surface area (Å²) in [6, 6.07) is 13.4. The molecular weight excluding hydrogens is 528 g/mol. The minimum atomic E-state index is -3.98. The van der Waals surface area contributed by atoms with Crippen molar-refractivity contribution in [2.75, 3.05) is 26.7 Å². The highest BCUT2D eigenvalue weighted by molar-refractivity contribution is 7.89. The van der Waals surface area contributed by atoms with Gasteiger partial charge in [0.25, 0.3) is 5.69 Å². The molecule has 1 amide bonds. The lowest BCUT2D eigenvalue weighted by Crippen LogP contribution is -2.42.